The number of nitrogens with zero attached hydrogens (tertiary/aromatic N) is 4. The van der Waals surface area contributed by atoms with E-state index < -0.39 is 0 Å². The zero-order valence-corrected chi connectivity index (χ0v) is 17.7. The Balaban J connectivity index is 1.52. The Labute approximate surface area is 176 Å². The topological polar surface area (TPSA) is 47.7 Å². The number of aryl methyl sites for hydroxylation is 1. The van der Waals surface area contributed by atoms with Crippen LogP contribution in [-0.4, -0.2) is 19.6 Å². The third-order valence-corrected chi connectivity index (χ3v) is 5.61. The lowest BCUT2D eigenvalue weighted by atomic mass is 10.1. The molecule has 2 aromatic heterocycles. The summed E-state index contributed by atoms with van der Waals surface area (Å²) >= 11 is 0. The van der Waals surface area contributed by atoms with Gasteiger partial charge in [0.2, 0.25) is 0 Å². The van der Waals surface area contributed by atoms with E-state index >= 15 is 0 Å². The quantitative estimate of drug-likeness (QED) is 0.494. The van der Waals surface area contributed by atoms with Crippen molar-refractivity contribution in [3.8, 4) is 11.4 Å². The number of rotatable bonds is 6. The van der Waals surface area contributed by atoms with Crippen molar-refractivity contribution in [1.82, 2.24) is 24.9 Å². The predicted molar refractivity (Wildman–Crippen MR) is 117 cm³/mol. The molecule has 0 unspecified atom stereocenters. The van der Waals surface area contributed by atoms with Gasteiger partial charge in [-0.1, -0.05) is 18.2 Å². The van der Waals surface area contributed by atoms with Gasteiger partial charge in [-0.05, 0) is 64.1 Å². The molecule has 0 saturated carbocycles. The van der Waals surface area contributed by atoms with E-state index in [-0.39, 0.29) is 11.9 Å². The molecular weight excluding hydrogens is 377 g/mol. The van der Waals surface area contributed by atoms with Crippen molar-refractivity contribution in [2.24, 2.45) is 0 Å². The molecule has 0 radical (unpaired) electrons. The molecule has 0 fully saturated rings. The van der Waals surface area contributed by atoms with E-state index in [0.29, 0.717) is 6.54 Å². The number of halogens is 1. The van der Waals surface area contributed by atoms with Crippen LogP contribution in [0.4, 0.5) is 4.39 Å². The number of hydrogen-bond acceptors (Lipinski definition) is 3. The van der Waals surface area contributed by atoms with Crippen LogP contribution in [-0.2, 0) is 6.54 Å². The summed E-state index contributed by atoms with van der Waals surface area (Å²) < 4.78 is 17.1. The number of para-hydroxylation sites is 1. The second-order valence-corrected chi connectivity index (χ2v) is 7.57. The van der Waals surface area contributed by atoms with Gasteiger partial charge in [0.15, 0.2) is 0 Å². The molecule has 0 spiro atoms. The Kier molecular flexibility index (Phi) is 5.50. The first kappa shape index (κ1) is 20.0. The maximum Gasteiger partial charge on any atom is 0.123 e. The zero-order chi connectivity index (χ0) is 21.3. The van der Waals surface area contributed by atoms with Crippen LogP contribution in [0, 0.1) is 26.6 Å². The summed E-state index contributed by atoms with van der Waals surface area (Å²) in [5, 5.41) is 12.8. The van der Waals surface area contributed by atoms with Gasteiger partial charge in [0.05, 0.1) is 23.3 Å². The summed E-state index contributed by atoms with van der Waals surface area (Å²) in [5.74, 6) is -0.248. The molecule has 0 amide bonds. The molecule has 1 atom stereocenters. The number of aromatic nitrogens is 4. The smallest absolute Gasteiger partial charge is 0.123 e. The van der Waals surface area contributed by atoms with E-state index in [4.69, 9.17) is 0 Å². The fourth-order valence-corrected chi connectivity index (χ4v) is 3.81. The van der Waals surface area contributed by atoms with Crippen LogP contribution < -0.4 is 5.32 Å². The molecule has 154 valence electrons. The molecule has 0 aliphatic rings. The van der Waals surface area contributed by atoms with Gasteiger partial charge in [0.25, 0.3) is 0 Å². The van der Waals surface area contributed by atoms with E-state index in [0.717, 1.165) is 34.0 Å². The molecule has 0 aliphatic heterocycles. The molecule has 4 aromatic rings. The van der Waals surface area contributed by atoms with Crippen LogP contribution in [0.5, 0.6) is 0 Å². The van der Waals surface area contributed by atoms with Crippen molar-refractivity contribution < 1.29 is 4.39 Å². The maximum absolute atomic E-state index is 13.3. The van der Waals surface area contributed by atoms with Crippen LogP contribution in [0.1, 0.15) is 41.2 Å². The molecule has 0 saturated heterocycles. The zero-order valence-electron chi connectivity index (χ0n) is 17.7. The first-order chi connectivity index (χ1) is 14.5. The summed E-state index contributed by atoms with van der Waals surface area (Å²) in [7, 11) is 0. The minimum atomic E-state index is -0.248. The third-order valence-electron chi connectivity index (χ3n) is 5.61. The van der Waals surface area contributed by atoms with Crippen molar-refractivity contribution in [2.75, 3.05) is 0 Å². The Morgan fingerprint density at radius 2 is 1.57 bits per heavy atom. The van der Waals surface area contributed by atoms with Gasteiger partial charge in [-0.3, -0.25) is 0 Å². The van der Waals surface area contributed by atoms with Crippen molar-refractivity contribution >= 4 is 0 Å². The molecule has 4 rings (SSSR count). The largest absolute Gasteiger partial charge is 0.306 e. The van der Waals surface area contributed by atoms with E-state index in [1.807, 2.05) is 47.6 Å². The van der Waals surface area contributed by atoms with Gasteiger partial charge in [0, 0.05) is 35.1 Å². The van der Waals surface area contributed by atoms with Gasteiger partial charge in [-0.15, -0.1) is 0 Å². The fourth-order valence-electron chi connectivity index (χ4n) is 3.81. The van der Waals surface area contributed by atoms with Gasteiger partial charge in [-0.2, -0.15) is 10.2 Å². The number of nitrogens with one attached hydrogen (secondary N) is 1. The second kappa shape index (κ2) is 8.24. The maximum atomic E-state index is 13.3. The van der Waals surface area contributed by atoms with Crippen molar-refractivity contribution in [1.29, 1.82) is 0 Å². The molecule has 5 nitrogen and oxygen atoms in total. The molecule has 2 aromatic carbocycles. The fraction of sp³-hybridized carbons (Fsp3) is 0.250. The standard InChI is InChI=1S/C24H26FN5/c1-16(24-15-27-29(18(24)3)21-8-6-5-7-9-21)26-14-23-17(2)28-30(19(23)4)22-12-10-20(25)11-13-22/h5-13,15-16,26H,14H2,1-4H3/t16-/m1/s1. The van der Waals surface area contributed by atoms with Gasteiger partial charge in [0.1, 0.15) is 5.82 Å². The lowest BCUT2D eigenvalue weighted by Gasteiger charge is -2.14. The van der Waals surface area contributed by atoms with Gasteiger partial charge >= 0.3 is 0 Å². The number of hydrogen-bond donors (Lipinski definition) is 1. The average Bonchev–Trinajstić information content (AvgIpc) is 3.27. The predicted octanol–water partition coefficient (Wildman–Crippen LogP) is 4.97. The molecule has 1 N–H and O–H groups in total. The minimum Gasteiger partial charge on any atom is -0.306 e. The van der Waals surface area contributed by atoms with Crippen molar-refractivity contribution in [3.63, 3.8) is 0 Å². The van der Waals surface area contributed by atoms with E-state index in [2.05, 4.69) is 41.5 Å². The summed E-state index contributed by atoms with van der Waals surface area (Å²) in [5.41, 5.74) is 7.37. The molecule has 0 aliphatic carbocycles. The van der Waals surface area contributed by atoms with E-state index in [1.165, 1.54) is 17.7 Å². The van der Waals surface area contributed by atoms with Crippen molar-refractivity contribution in [2.45, 2.75) is 40.3 Å². The first-order valence-electron chi connectivity index (χ1n) is 10.1. The second-order valence-electron chi connectivity index (χ2n) is 7.57. The Hall–Kier alpha value is -3.25. The third kappa shape index (κ3) is 3.78. The highest BCUT2D eigenvalue weighted by Crippen LogP contribution is 2.22. The van der Waals surface area contributed by atoms with Crippen molar-refractivity contribution in [3.05, 3.63) is 94.8 Å². The Morgan fingerprint density at radius 1 is 0.900 bits per heavy atom. The average molecular weight is 404 g/mol. The normalized spacial score (nSPS) is 12.3. The van der Waals surface area contributed by atoms with E-state index in [1.54, 1.807) is 12.1 Å². The van der Waals surface area contributed by atoms with Crippen LogP contribution in [0.3, 0.4) is 0 Å². The summed E-state index contributed by atoms with van der Waals surface area (Å²) in [4.78, 5) is 0. The molecule has 2 heterocycles. The summed E-state index contributed by atoms with van der Waals surface area (Å²) in [6.07, 6.45) is 1.93. The Bertz CT molecular complexity index is 1140. The number of benzene rings is 2. The SMILES string of the molecule is Cc1nn(-c2ccc(F)cc2)c(C)c1CN[C@H](C)c1cnn(-c2ccccc2)c1C. The monoisotopic (exact) mass is 403 g/mol. The first-order valence-corrected chi connectivity index (χ1v) is 10.1. The van der Waals surface area contributed by atoms with Crippen LogP contribution >= 0.6 is 0 Å². The van der Waals surface area contributed by atoms with Crippen LogP contribution in [0.15, 0.2) is 60.8 Å². The highest BCUT2D eigenvalue weighted by atomic mass is 19.1. The molecule has 30 heavy (non-hydrogen) atoms. The van der Waals surface area contributed by atoms with Crippen LogP contribution in [0.25, 0.3) is 11.4 Å². The summed E-state index contributed by atoms with van der Waals surface area (Å²) in [6.45, 7) is 8.98. The van der Waals surface area contributed by atoms with Gasteiger partial charge in [-0.25, -0.2) is 13.8 Å². The highest BCUT2D eigenvalue weighted by Gasteiger charge is 2.17. The van der Waals surface area contributed by atoms with E-state index in [9.17, 15) is 4.39 Å². The molecule has 6 heteroatoms. The van der Waals surface area contributed by atoms with Gasteiger partial charge < -0.3 is 5.32 Å². The Morgan fingerprint density at radius 3 is 2.27 bits per heavy atom. The molecular formula is C24H26FN5. The lowest BCUT2D eigenvalue weighted by Crippen LogP contribution is -2.19. The summed E-state index contributed by atoms with van der Waals surface area (Å²) in [6, 6.07) is 16.7. The molecule has 0 bridgehead atoms. The minimum absolute atomic E-state index is 0.135. The highest BCUT2D eigenvalue weighted by molar-refractivity contribution is 5.38. The van der Waals surface area contributed by atoms with Crippen LogP contribution in [0.2, 0.25) is 0 Å². The lowest BCUT2D eigenvalue weighted by molar-refractivity contribution is 0.569.